The maximum atomic E-state index is 10.9. The minimum absolute atomic E-state index is 0.0986. The van der Waals surface area contributed by atoms with Crippen molar-refractivity contribution >= 4 is 11.6 Å². The number of rotatable bonds is 8. The molecule has 0 unspecified atom stereocenters. The molecule has 1 aromatic rings. The van der Waals surface area contributed by atoms with E-state index in [1.54, 1.807) is 18.5 Å². The summed E-state index contributed by atoms with van der Waals surface area (Å²) in [4.78, 5) is 16.7. The molecule has 108 valence electrons. The lowest BCUT2D eigenvalue weighted by Gasteiger charge is -2.19. The summed E-state index contributed by atoms with van der Waals surface area (Å²) < 4.78 is 1.72. The molecule has 0 saturated heterocycles. The molecular formula is C12H23N5O2. The molecule has 7 heteroatoms. The lowest BCUT2D eigenvalue weighted by Crippen LogP contribution is -2.30. The standard InChI is InChI=1S/C12H23N5O2/c1-5-8-16(6-2)9-7-13-11-12(17(18)19)14-10(3)15(11)4/h13H,5-9H2,1-4H3. The topological polar surface area (TPSA) is 76.2 Å². The smallest absolute Gasteiger partial charge is 0.363 e. The van der Waals surface area contributed by atoms with Crippen LogP contribution in [0.3, 0.4) is 0 Å². The lowest BCUT2D eigenvalue weighted by molar-refractivity contribution is -0.388. The molecule has 1 N–H and O–H groups in total. The quantitative estimate of drug-likeness (QED) is 0.575. The van der Waals surface area contributed by atoms with E-state index in [2.05, 4.69) is 29.0 Å². The van der Waals surface area contributed by atoms with Crippen LogP contribution in [0.15, 0.2) is 0 Å². The van der Waals surface area contributed by atoms with E-state index in [0.29, 0.717) is 18.2 Å². The Morgan fingerprint density at radius 2 is 2.11 bits per heavy atom. The van der Waals surface area contributed by atoms with E-state index >= 15 is 0 Å². The second kappa shape index (κ2) is 7.08. The van der Waals surface area contributed by atoms with E-state index in [1.165, 1.54) is 0 Å². The molecule has 0 aliphatic heterocycles. The molecule has 0 amide bonds. The molecule has 19 heavy (non-hydrogen) atoms. The van der Waals surface area contributed by atoms with Crippen molar-refractivity contribution in [1.82, 2.24) is 14.5 Å². The number of aryl methyl sites for hydroxylation is 1. The molecule has 0 radical (unpaired) electrons. The van der Waals surface area contributed by atoms with Crippen LogP contribution in [-0.2, 0) is 7.05 Å². The van der Waals surface area contributed by atoms with Crippen LogP contribution < -0.4 is 5.32 Å². The van der Waals surface area contributed by atoms with Gasteiger partial charge in [0.1, 0.15) is 0 Å². The second-order valence-electron chi connectivity index (χ2n) is 4.51. The van der Waals surface area contributed by atoms with Crippen LogP contribution in [0.25, 0.3) is 0 Å². The van der Waals surface area contributed by atoms with E-state index in [4.69, 9.17) is 0 Å². The Labute approximate surface area is 113 Å². The average Bonchev–Trinajstić information content (AvgIpc) is 2.66. The molecule has 0 fully saturated rings. The Kier molecular flexibility index (Phi) is 5.75. The molecule has 1 rings (SSSR count). The van der Waals surface area contributed by atoms with Crippen molar-refractivity contribution in [3.8, 4) is 0 Å². The third-order valence-electron chi connectivity index (χ3n) is 3.18. The zero-order valence-electron chi connectivity index (χ0n) is 12.1. The predicted octanol–water partition coefficient (Wildman–Crippen LogP) is 1.78. The van der Waals surface area contributed by atoms with Crippen LogP contribution >= 0.6 is 0 Å². The first-order chi connectivity index (χ1) is 9.01. The number of nitrogens with zero attached hydrogens (tertiary/aromatic N) is 4. The van der Waals surface area contributed by atoms with Crippen molar-refractivity contribution in [2.24, 2.45) is 7.05 Å². The third-order valence-corrected chi connectivity index (χ3v) is 3.18. The average molecular weight is 269 g/mol. The van der Waals surface area contributed by atoms with E-state index in [0.717, 1.165) is 26.1 Å². The molecule has 0 bridgehead atoms. The summed E-state index contributed by atoms with van der Waals surface area (Å²) in [5, 5.41) is 14.0. The Morgan fingerprint density at radius 1 is 1.42 bits per heavy atom. The van der Waals surface area contributed by atoms with Gasteiger partial charge in [-0.3, -0.25) is 4.57 Å². The molecule has 1 heterocycles. The van der Waals surface area contributed by atoms with Gasteiger partial charge in [0.15, 0.2) is 0 Å². The fourth-order valence-corrected chi connectivity index (χ4v) is 1.99. The lowest BCUT2D eigenvalue weighted by atomic mass is 10.4. The molecule has 0 saturated carbocycles. The number of aromatic nitrogens is 2. The number of hydrogen-bond acceptors (Lipinski definition) is 5. The van der Waals surface area contributed by atoms with Gasteiger partial charge in [-0.2, -0.15) is 0 Å². The zero-order chi connectivity index (χ0) is 14.4. The van der Waals surface area contributed by atoms with Crippen LogP contribution in [0.2, 0.25) is 0 Å². The minimum atomic E-state index is -0.445. The van der Waals surface area contributed by atoms with Gasteiger partial charge in [-0.05, 0) is 29.4 Å². The molecule has 0 aromatic carbocycles. The van der Waals surface area contributed by atoms with E-state index in [-0.39, 0.29) is 5.82 Å². The van der Waals surface area contributed by atoms with Crippen molar-refractivity contribution in [1.29, 1.82) is 0 Å². The first kappa shape index (κ1) is 15.4. The number of likely N-dealkylation sites (N-methyl/N-ethyl adjacent to an activating group) is 1. The van der Waals surface area contributed by atoms with Gasteiger partial charge in [-0.15, -0.1) is 0 Å². The molecule has 0 spiro atoms. The number of nitro groups is 1. The van der Waals surface area contributed by atoms with Crippen LogP contribution in [0.5, 0.6) is 0 Å². The molecule has 1 aromatic heterocycles. The summed E-state index contributed by atoms with van der Waals surface area (Å²) in [6.45, 7) is 9.59. The van der Waals surface area contributed by atoms with Gasteiger partial charge in [0, 0.05) is 27.1 Å². The van der Waals surface area contributed by atoms with Gasteiger partial charge in [-0.25, -0.2) is 0 Å². The molecule has 0 aliphatic carbocycles. The highest BCUT2D eigenvalue weighted by molar-refractivity contribution is 5.53. The fourth-order valence-electron chi connectivity index (χ4n) is 1.99. The first-order valence-electron chi connectivity index (χ1n) is 6.65. The van der Waals surface area contributed by atoms with Crippen molar-refractivity contribution < 1.29 is 4.92 Å². The van der Waals surface area contributed by atoms with Crippen LogP contribution in [0.4, 0.5) is 11.6 Å². The fraction of sp³-hybridized carbons (Fsp3) is 0.750. The molecule has 7 nitrogen and oxygen atoms in total. The minimum Gasteiger partial charge on any atom is -0.363 e. The van der Waals surface area contributed by atoms with Crippen molar-refractivity contribution in [3.63, 3.8) is 0 Å². The van der Waals surface area contributed by atoms with Crippen LogP contribution in [0, 0.1) is 17.0 Å². The van der Waals surface area contributed by atoms with Gasteiger partial charge in [-0.1, -0.05) is 13.8 Å². The summed E-state index contributed by atoms with van der Waals surface area (Å²) in [7, 11) is 1.78. The van der Waals surface area contributed by atoms with Gasteiger partial charge in [0.2, 0.25) is 11.6 Å². The summed E-state index contributed by atoms with van der Waals surface area (Å²) in [6.07, 6.45) is 1.11. The summed E-state index contributed by atoms with van der Waals surface area (Å²) in [5.41, 5.74) is 0. The summed E-state index contributed by atoms with van der Waals surface area (Å²) in [5.74, 6) is 1.02. The maximum absolute atomic E-state index is 10.9. The number of imidazole rings is 1. The van der Waals surface area contributed by atoms with Gasteiger partial charge < -0.3 is 20.3 Å². The van der Waals surface area contributed by atoms with E-state index < -0.39 is 4.92 Å². The first-order valence-corrected chi connectivity index (χ1v) is 6.65. The number of anilines is 1. The SMILES string of the molecule is CCCN(CC)CCNc1c([N+](=O)[O-])nc(C)n1C. The monoisotopic (exact) mass is 269 g/mol. The maximum Gasteiger partial charge on any atom is 0.406 e. The second-order valence-corrected chi connectivity index (χ2v) is 4.51. The Hall–Kier alpha value is -1.63. The molecule has 0 atom stereocenters. The third kappa shape index (κ3) is 3.92. The van der Waals surface area contributed by atoms with Crippen LogP contribution in [0.1, 0.15) is 26.1 Å². The van der Waals surface area contributed by atoms with Crippen LogP contribution in [-0.4, -0.2) is 45.6 Å². The zero-order valence-corrected chi connectivity index (χ0v) is 12.1. The van der Waals surface area contributed by atoms with Gasteiger partial charge >= 0.3 is 5.82 Å². The van der Waals surface area contributed by atoms with Gasteiger partial charge in [0.25, 0.3) is 0 Å². The summed E-state index contributed by atoms with van der Waals surface area (Å²) in [6, 6.07) is 0. The number of hydrogen-bond donors (Lipinski definition) is 1. The highest BCUT2D eigenvalue weighted by atomic mass is 16.6. The van der Waals surface area contributed by atoms with E-state index in [9.17, 15) is 10.1 Å². The van der Waals surface area contributed by atoms with Crippen molar-refractivity contribution in [2.45, 2.75) is 27.2 Å². The van der Waals surface area contributed by atoms with Crippen molar-refractivity contribution in [3.05, 3.63) is 15.9 Å². The van der Waals surface area contributed by atoms with Gasteiger partial charge in [0.05, 0.1) is 0 Å². The highest BCUT2D eigenvalue weighted by Gasteiger charge is 2.23. The Morgan fingerprint density at radius 3 is 2.63 bits per heavy atom. The largest absolute Gasteiger partial charge is 0.406 e. The highest BCUT2D eigenvalue weighted by Crippen LogP contribution is 2.23. The Bertz CT molecular complexity index is 430. The van der Waals surface area contributed by atoms with E-state index in [1.807, 2.05) is 0 Å². The predicted molar refractivity (Wildman–Crippen MR) is 75.5 cm³/mol. The Balaban J connectivity index is 2.64. The molecule has 0 aliphatic rings. The van der Waals surface area contributed by atoms with Crippen molar-refractivity contribution in [2.75, 3.05) is 31.5 Å². The number of nitrogens with one attached hydrogen (secondary N) is 1. The molecular weight excluding hydrogens is 246 g/mol. The summed E-state index contributed by atoms with van der Waals surface area (Å²) >= 11 is 0. The normalized spacial score (nSPS) is 11.0.